The first-order valence-corrected chi connectivity index (χ1v) is 20.9. The molecule has 1 aromatic carbocycles. The van der Waals surface area contributed by atoms with Crippen LogP contribution in [0.15, 0.2) is 30.3 Å². The Balaban J connectivity index is 1.83. The van der Waals surface area contributed by atoms with E-state index in [9.17, 15) is 14.5 Å². The van der Waals surface area contributed by atoms with Gasteiger partial charge in [-0.05, 0) is 68.8 Å². The normalized spacial score (nSPS) is 32.7. The minimum atomic E-state index is -3.92. The highest BCUT2D eigenvalue weighted by molar-refractivity contribution is 8.55. The summed E-state index contributed by atoms with van der Waals surface area (Å²) in [5.74, 6) is -0.396. The van der Waals surface area contributed by atoms with Gasteiger partial charge in [-0.3, -0.25) is 9.05 Å². The van der Waals surface area contributed by atoms with Crippen LogP contribution in [0.3, 0.4) is 0 Å². The summed E-state index contributed by atoms with van der Waals surface area (Å²) >= 11 is 0.940. The second-order valence-electron chi connectivity index (χ2n) is 12.9. The lowest BCUT2D eigenvalue weighted by molar-refractivity contribution is -0.0693. The van der Waals surface area contributed by atoms with Crippen molar-refractivity contribution in [2.75, 3.05) is 18.9 Å². The van der Waals surface area contributed by atoms with Crippen LogP contribution in [-0.4, -0.2) is 86.6 Å². The average Bonchev–Trinajstić information content (AvgIpc) is 3.33. The standard InChI is InChI=1S/C30H48NO9PSSi/c1-11-23-26(40-43(9,10)29(4,5)6)25(20(2)36-23)39-41(34,42-18-17-31-8)35-19-24-27(30(7,33)21(3)37-24)38-28(32)22-15-13-12-14-16-22/h12-16,20-21,23-27,33H,11,17-19H2,1-7,9-10H3/t20-,21-,23+,24+,25+,26?,27?,30+,41?/m0/s1. The van der Waals surface area contributed by atoms with Crippen LogP contribution in [0.5, 0.6) is 0 Å². The van der Waals surface area contributed by atoms with Crippen LogP contribution < -0.4 is 0 Å². The Kier molecular flexibility index (Phi) is 12.2. The third kappa shape index (κ3) is 8.72. The number of benzene rings is 1. The van der Waals surface area contributed by atoms with Gasteiger partial charge in [0, 0.05) is 0 Å². The van der Waals surface area contributed by atoms with E-state index in [2.05, 4.69) is 38.7 Å². The predicted molar refractivity (Wildman–Crippen MR) is 170 cm³/mol. The van der Waals surface area contributed by atoms with Crippen molar-refractivity contribution in [3.05, 3.63) is 47.3 Å². The number of rotatable bonds is 13. The zero-order valence-corrected chi connectivity index (χ0v) is 29.5. The van der Waals surface area contributed by atoms with Gasteiger partial charge in [0.25, 0.3) is 0 Å². The van der Waals surface area contributed by atoms with Crippen molar-refractivity contribution in [3.8, 4) is 0 Å². The van der Waals surface area contributed by atoms with Crippen LogP contribution >= 0.6 is 18.2 Å². The first-order valence-electron chi connectivity index (χ1n) is 14.8. The lowest BCUT2D eigenvalue weighted by atomic mass is 9.93. The molecule has 0 amide bonds. The Labute approximate surface area is 261 Å². The summed E-state index contributed by atoms with van der Waals surface area (Å²) in [6.45, 7) is 21.0. The van der Waals surface area contributed by atoms with Crippen LogP contribution in [-0.2, 0) is 32.2 Å². The highest BCUT2D eigenvalue weighted by Gasteiger charge is 2.55. The number of carbonyl (C=O) groups is 1. The fraction of sp³-hybridized carbons (Fsp3) is 0.733. The van der Waals surface area contributed by atoms with Crippen molar-refractivity contribution in [1.82, 2.24) is 0 Å². The van der Waals surface area contributed by atoms with Crippen molar-refractivity contribution in [2.45, 2.75) is 121 Å². The molecule has 1 aromatic rings. The largest absolute Gasteiger partial charge is 0.453 e. The summed E-state index contributed by atoms with van der Waals surface area (Å²) in [6, 6.07) is 8.46. The van der Waals surface area contributed by atoms with Crippen molar-refractivity contribution in [1.29, 1.82) is 0 Å². The third-order valence-corrected chi connectivity index (χ3v) is 16.8. The highest BCUT2D eigenvalue weighted by atomic mass is 32.7. The summed E-state index contributed by atoms with van der Waals surface area (Å²) in [4.78, 5) is 16.3. The van der Waals surface area contributed by atoms with Gasteiger partial charge < -0.3 is 28.6 Å². The molecule has 13 heteroatoms. The first-order chi connectivity index (χ1) is 20.0. The van der Waals surface area contributed by atoms with E-state index in [-0.39, 0.29) is 30.0 Å². The molecule has 10 nitrogen and oxygen atoms in total. The van der Waals surface area contributed by atoms with E-state index in [4.69, 9.17) is 34.3 Å². The maximum atomic E-state index is 14.3. The van der Waals surface area contributed by atoms with Crippen molar-refractivity contribution in [2.24, 2.45) is 0 Å². The van der Waals surface area contributed by atoms with E-state index in [1.807, 2.05) is 13.8 Å². The summed E-state index contributed by atoms with van der Waals surface area (Å²) in [7, 11) is -2.26. The number of ether oxygens (including phenoxy) is 3. The van der Waals surface area contributed by atoms with Gasteiger partial charge in [-0.1, -0.05) is 45.9 Å². The molecule has 0 spiro atoms. The number of aliphatic hydroxyl groups is 1. The quantitative estimate of drug-likeness (QED) is 0.0829. The fourth-order valence-electron chi connectivity index (χ4n) is 4.81. The molecule has 3 unspecified atom stereocenters. The van der Waals surface area contributed by atoms with Gasteiger partial charge in [0.05, 0.1) is 36.2 Å². The summed E-state index contributed by atoms with van der Waals surface area (Å²) in [5.41, 5.74) is -1.19. The van der Waals surface area contributed by atoms with Crippen molar-refractivity contribution in [3.63, 3.8) is 0 Å². The SMILES string of the molecule is [C-]#[N+]CCSP(=O)(OC[C@H]1O[C@@H](C)[C@@](C)(O)C1OC(=O)c1ccccc1)O[C@H]1C(O[Si](C)(C)C(C)(C)C)[C@@H](CC)O[C@H]1C. The number of hydrogen-bond acceptors (Lipinski definition) is 10. The van der Waals surface area contributed by atoms with Crippen LogP contribution in [0.1, 0.15) is 65.2 Å². The summed E-state index contributed by atoms with van der Waals surface area (Å²) in [5, 5.41) is 11.1. The maximum absolute atomic E-state index is 14.3. The Morgan fingerprint density at radius 2 is 1.81 bits per heavy atom. The van der Waals surface area contributed by atoms with Crippen LogP contribution in [0.25, 0.3) is 4.85 Å². The Morgan fingerprint density at radius 1 is 1.16 bits per heavy atom. The van der Waals surface area contributed by atoms with Gasteiger partial charge in [0.1, 0.15) is 23.9 Å². The van der Waals surface area contributed by atoms with E-state index >= 15 is 0 Å². The van der Waals surface area contributed by atoms with Crippen molar-refractivity contribution < 1.29 is 42.2 Å². The molecule has 0 saturated carbocycles. The number of esters is 1. The van der Waals surface area contributed by atoms with Gasteiger partial charge in [-0.25, -0.2) is 15.9 Å². The molecule has 43 heavy (non-hydrogen) atoms. The van der Waals surface area contributed by atoms with Gasteiger partial charge in [-0.15, -0.1) is 0 Å². The van der Waals surface area contributed by atoms with E-state index in [0.717, 1.165) is 11.4 Å². The van der Waals surface area contributed by atoms with E-state index < -0.39 is 63.3 Å². The van der Waals surface area contributed by atoms with Gasteiger partial charge in [0.2, 0.25) is 6.54 Å². The minimum absolute atomic E-state index is 0.0636. The van der Waals surface area contributed by atoms with Crippen LogP contribution in [0, 0.1) is 6.57 Å². The number of carbonyl (C=O) groups excluding carboxylic acids is 1. The molecule has 9 atom stereocenters. The molecule has 2 fully saturated rings. The van der Waals surface area contributed by atoms with Crippen LogP contribution in [0.4, 0.5) is 0 Å². The molecule has 242 valence electrons. The lowest BCUT2D eigenvalue weighted by Gasteiger charge is -2.40. The minimum Gasteiger partial charge on any atom is -0.453 e. The number of nitrogens with zero attached hydrogens (tertiary/aromatic N) is 1. The van der Waals surface area contributed by atoms with Gasteiger partial charge >= 0.3 is 12.8 Å². The molecule has 2 aliphatic rings. The Hall–Kier alpha value is -1.26. The molecule has 2 aliphatic heterocycles. The first kappa shape index (κ1) is 36.2. The molecule has 2 saturated heterocycles. The second-order valence-corrected chi connectivity index (χ2v) is 21.8. The molecule has 2 heterocycles. The number of hydrogen-bond donors (Lipinski definition) is 1. The Bertz CT molecular complexity index is 1170. The predicted octanol–water partition coefficient (Wildman–Crippen LogP) is 6.50. The molecule has 0 aliphatic carbocycles. The van der Waals surface area contributed by atoms with E-state index in [1.54, 1.807) is 37.3 Å². The van der Waals surface area contributed by atoms with Gasteiger partial charge in [-0.2, -0.15) is 0 Å². The molecule has 0 radical (unpaired) electrons. The van der Waals surface area contributed by atoms with E-state index in [0.29, 0.717) is 12.0 Å². The average molecular weight is 658 g/mol. The van der Waals surface area contributed by atoms with E-state index in [1.165, 1.54) is 6.92 Å². The Morgan fingerprint density at radius 3 is 2.40 bits per heavy atom. The molecular weight excluding hydrogens is 609 g/mol. The van der Waals surface area contributed by atoms with Crippen LogP contribution in [0.2, 0.25) is 18.1 Å². The molecule has 1 N–H and O–H groups in total. The zero-order chi connectivity index (χ0) is 32.2. The topological polar surface area (TPSA) is 114 Å². The summed E-state index contributed by atoms with van der Waals surface area (Å²) < 4.78 is 51.4. The molecule has 0 bridgehead atoms. The van der Waals surface area contributed by atoms with Gasteiger partial charge in [0.15, 0.2) is 14.4 Å². The van der Waals surface area contributed by atoms with Crippen molar-refractivity contribution >= 4 is 32.5 Å². The molecule has 3 rings (SSSR count). The smallest absolute Gasteiger partial charge is 0.389 e. The zero-order valence-electron chi connectivity index (χ0n) is 26.8. The molecular formula is C30H48NO9PSSi. The third-order valence-electron chi connectivity index (χ3n) is 8.64. The lowest BCUT2D eigenvalue weighted by Crippen LogP contribution is -2.49. The monoisotopic (exact) mass is 657 g/mol. The molecule has 0 aromatic heterocycles. The second kappa shape index (κ2) is 14.4. The summed E-state index contributed by atoms with van der Waals surface area (Å²) in [6.07, 6.45) is -3.81. The fourth-order valence-corrected chi connectivity index (χ4v) is 9.45. The highest BCUT2D eigenvalue weighted by Crippen LogP contribution is 2.63. The maximum Gasteiger partial charge on any atom is 0.389 e.